The Morgan fingerprint density at radius 3 is 1.29 bits per heavy atom. The van der Waals surface area contributed by atoms with Gasteiger partial charge in [-0.2, -0.15) is 0 Å². The van der Waals surface area contributed by atoms with Gasteiger partial charge in [0.15, 0.2) is 25.2 Å². The van der Waals surface area contributed by atoms with Crippen LogP contribution in [0.5, 0.6) is 0 Å². The summed E-state index contributed by atoms with van der Waals surface area (Å²) in [5.41, 5.74) is 0. The van der Waals surface area contributed by atoms with E-state index in [4.69, 9.17) is 33.2 Å². The van der Waals surface area contributed by atoms with Gasteiger partial charge in [0.25, 0.3) is 0 Å². The van der Waals surface area contributed by atoms with Gasteiger partial charge >= 0.3 is 0 Å². The highest BCUT2D eigenvalue weighted by molar-refractivity contribution is 4.97. The summed E-state index contributed by atoms with van der Waals surface area (Å²) < 4.78 is 38.0. The average molecular weight is 667 g/mol. The minimum Gasteiger partial charge on any atom is -0.394 e. The Hall–Kier alpha value is -0.840. The molecule has 4 rings (SSSR count). The summed E-state index contributed by atoms with van der Waals surface area (Å²) >= 11 is 0. The quantitative estimate of drug-likeness (QED) is 0.103. The van der Waals surface area contributed by atoms with Crippen LogP contribution in [0.25, 0.3) is 0 Å². The third kappa shape index (κ3) is 7.59. The van der Waals surface area contributed by atoms with Crippen molar-refractivity contribution in [3.05, 3.63) is 0 Å². The molecule has 0 aromatic heterocycles. The molecular weight excluding hydrogens is 624 g/mol. The van der Waals surface area contributed by atoms with Gasteiger partial charge in [0.1, 0.15) is 97.7 Å². The molecule has 0 aromatic rings. The van der Waals surface area contributed by atoms with Crippen molar-refractivity contribution in [1.82, 2.24) is 0 Å². The van der Waals surface area contributed by atoms with Crippen molar-refractivity contribution in [2.45, 2.75) is 123 Å². The van der Waals surface area contributed by atoms with Crippen molar-refractivity contribution in [3.8, 4) is 0 Å². The molecule has 4 heterocycles. The van der Waals surface area contributed by atoms with Crippen LogP contribution in [-0.2, 0) is 33.2 Å². The molecule has 0 bridgehead atoms. The normalized spacial score (nSPS) is 52.9. The van der Waals surface area contributed by atoms with Crippen molar-refractivity contribution in [2.24, 2.45) is 0 Å². The molecule has 4 aliphatic heterocycles. The van der Waals surface area contributed by atoms with Gasteiger partial charge in [0.05, 0.1) is 26.4 Å². The molecule has 45 heavy (non-hydrogen) atoms. The summed E-state index contributed by atoms with van der Waals surface area (Å²) in [5, 5.41) is 142. The monoisotopic (exact) mass is 666 g/mol. The zero-order valence-electron chi connectivity index (χ0n) is 23.5. The Balaban J connectivity index is 1.56. The van der Waals surface area contributed by atoms with E-state index >= 15 is 0 Å². The lowest BCUT2D eigenvalue weighted by atomic mass is 9.96. The number of aliphatic hydroxyl groups excluding tert-OH is 14. The second kappa shape index (κ2) is 15.6. The van der Waals surface area contributed by atoms with E-state index in [1.807, 2.05) is 0 Å². The fraction of sp³-hybridized carbons (Fsp3) is 1.00. The van der Waals surface area contributed by atoms with Gasteiger partial charge in [-0.15, -0.1) is 0 Å². The van der Waals surface area contributed by atoms with Gasteiger partial charge in [-0.05, 0) is 0 Å². The van der Waals surface area contributed by atoms with Crippen molar-refractivity contribution in [1.29, 1.82) is 0 Å². The SMILES string of the molecule is OC[C@H]1O[C@@H](OC[C@H]2O[C@H](O[C@H]3[C@H](O)[C@@H](O)[C@@H](O)O[C@@H]3CO)[C@H](O)[C@@H](O)[C@@H]2O[C@H]2O[C@H](CO)[C@@H](O)[C@H](O)[C@H]2O)[C@H](O)[C@@H](O)[C@@H]1O. The average Bonchev–Trinajstić information content (AvgIpc) is 3.03. The van der Waals surface area contributed by atoms with Gasteiger partial charge in [0.2, 0.25) is 0 Å². The molecule has 4 fully saturated rings. The maximum atomic E-state index is 11.1. The van der Waals surface area contributed by atoms with Crippen LogP contribution < -0.4 is 0 Å². The van der Waals surface area contributed by atoms with Crippen molar-refractivity contribution in [3.63, 3.8) is 0 Å². The molecule has 21 heteroatoms. The van der Waals surface area contributed by atoms with Gasteiger partial charge in [-0.3, -0.25) is 0 Å². The van der Waals surface area contributed by atoms with Crippen LogP contribution in [0, 0.1) is 0 Å². The highest BCUT2D eigenvalue weighted by Crippen LogP contribution is 2.33. The first-order valence-corrected chi connectivity index (χ1v) is 14.1. The lowest BCUT2D eigenvalue weighted by Crippen LogP contribution is -2.67. The molecule has 4 aliphatic rings. The largest absolute Gasteiger partial charge is 0.394 e. The molecule has 0 aliphatic carbocycles. The molecule has 0 unspecified atom stereocenters. The van der Waals surface area contributed by atoms with Gasteiger partial charge in [-0.1, -0.05) is 0 Å². The first-order chi connectivity index (χ1) is 21.2. The Morgan fingerprint density at radius 1 is 0.378 bits per heavy atom. The van der Waals surface area contributed by atoms with Gasteiger partial charge in [0, 0.05) is 0 Å². The molecule has 20 atom stereocenters. The number of ether oxygens (including phenoxy) is 7. The summed E-state index contributed by atoms with van der Waals surface area (Å²) in [4.78, 5) is 0. The van der Waals surface area contributed by atoms with Crippen LogP contribution in [0.3, 0.4) is 0 Å². The maximum absolute atomic E-state index is 11.1. The minimum atomic E-state index is -2.06. The van der Waals surface area contributed by atoms with E-state index in [0.717, 1.165) is 0 Å². The second-order valence-corrected chi connectivity index (χ2v) is 11.2. The summed E-state index contributed by atoms with van der Waals surface area (Å²) in [6, 6.07) is 0. The zero-order valence-corrected chi connectivity index (χ0v) is 23.5. The van der Waals surface area contributed by atoms with Crippen LogP contribution in [0.15, 0.2) is 0 Å². The molecular formula is C24H42O21. The molecule has 0 spiro atoms. The van der Waals surface area contributed by atoms with Crippen molar-refractivity contribution < 1.29 is 105 Å². The van der Waals surface area contributed by atoms with E-state index in [1.54, 1.807) is 0 Å². The van der Waals surface area contributed by atoms with Gasteiger partial charge in [-0.25, -0.2) is 0 Å². The summed E-state index contributed by atoms with van der Waals surface area (Å²) in [6.07, 6.45) is -35.6. The number of hydrogen-bond donors (Lipinski definition) is 14. The first kappa shape index (κ1) is 37.0. The maximum Gasteiger partial charge on any atom is 0.187 e. The number of rotatable bonds is 10. The molecule has 0 radical (unpaired) electrons. The highest BCUT2D eigenvalue weighted by atomic mass is 16.8. The number of hydrogen-bond acceptors (Lipinski definition) is 21. The molecule has 0 saturated carbocycles. The van der Waals surface area contributed by atoms with Crippen LogP contribution >= 0.6 is 0 Å². The first-order valence-electron chi connectivity index (χ1n) is 14.1. The molecule has 0 amide bonds. The lowest BCUT2D eigenvalue weighted by Gasteiger charge is -2.48. The smallest absolute Gasteiger partial charge is 0.187 e. The minimum absolute atomic E-state index is 0.761. The third-order valence-electron chi connectivity index (χ3n) is 8.18. The van der Waals surface area contributed by atoms with Crippen molar-refractivity contribution >= 4 is 0 Å². The zero-order chi connectivity index (χ0) is 33.3. The summed E-state index contributed by atoms with van der Waals surface area (Å²) in [6.45, 7) is -3.21. The van der Waals surface area contributed by atoms with E-state index in [0.29, 0.717) is 0 Å². The Morgan fingerprint density at radius 2 is 0.778 bits per heavy atom. The predicted molar refractivity (Wildman–Crippen MR) is 134 cm³/mol. The lowest BCUT2D eigenvalue weighted by molar-refractivity contribution is -0.383. The van der Waals surface area contributed by atoms with E-state index in [-0.39, 0.29) is 0 Å². The fourth-order valence-corrected chi connectivity index (χ4v) is 5.44. The highest BCUT2D eigenvalue weighted by Gasteiger charge is 2.54. The van der Waals surface area contributed by atoms with Crippen LogP contribution in [0.4, 0.5) is 0 Å². The standard InChI is InChI=1S/C24H42O21/c25-1-5-9(28)11(30)16(35)22(41-5)39-4-8-20(45-23-17(36)12(31)10(29)6(2-26)42-23)14(33)18(37)24(43-8)44-19-7(3-27)40-21(38)15(34)13(19)32/h5-38H,1-4H2/t5-,6-,7-,8-,9-,10-,11+,12+,13-,14-,15-,16-,17-,18-,19-,20-,21+,22-,23-,24-/m1/s1. The topological polar surface area (TPSA) is 348 Å². The van der Waals surface area contributed by atoms with E-state index in [1.165, 1.54) is 0 Å². The van der Waals surface area contributed by atoms with E-state index < -0.39 is 149 Å². The molecule has 264 valence electrons. The Kier molecular flexibility index (Phi) is 12.8. The van der Waals surface area contributed by atoms with E-state index in [2.05, 4.69) is 0 Å². The Labute approximate surface area is 254 Å². The Bertz CT molecular complexity index is 912. The predicted octanol–water partition coefficient (Wildman–Crippen LogP) is -9.75. The molecule has 14 N–H and O–H groups in total. The van der Waals surface area contributed by atoms with Crippen LogP contribution in [-0.4, -0.2) is 221 Å². The summed E-state index contributed by atoms with van der Waals surface area (Å²) in [7, 11) is 0. The molecule has 4 saturated heterocycles. The third-order valence-corrected chi connectivity index (χ3v) is 8.18. The van der Waals surface area contributed by atoms with Crippen LogP contribution in [0.2, 0.25) is 0 Å². The molecule has 21 nitrogen and oxygen atoms in total. The second-order valence-electron chi connectivity index (χ2n) is 11.2. The van der Waals surface area contributed by atoms with Gasteiger partial charge < -0.3 is 105 Å². The fourth-order valence-electron chi connectivity index (χ4n) is 5.44. The molecule has 0 aromatic carbocycles. The summed E-state index contributed by atoms with van der Waals surface area (Å²) in [5.74, 6) is 0. The van der Waals surface area contributed by atoms with E-state index in [9.17, 15) is 71.5 Å². The van der Waals surface area contributed by atoms with Crippen molar-refractivity contribution in [2.75, 3.05) is 26.4 Å². The number of aliphatic hydroxyl groups is 14. The van der Waals surface area contributed by atoms with Crippen LogP contribution in [0.1, 0.15) is 0 Å².